The van der Waals surface area contributed by atoms with E-state index in [9.17, 15) is 9.59 Å². The number of ether oxygens (including phenoxy) is 1. The maximum absolute atomic E-state index is 13.3. The molecule has 1 aliphatic carbocycles. The number of Topliss-reactive ketones (excluding diaryl/α,β-unsaturated/α-hetero) is 1. The third-order valence-electron chi connectivity index (χ3n) is 5.61. The van der Waals surface area contributed by atoms with Crippen molar-refractivity contribution in [3.8, 4) is 0 Å². The Bertz CT molecular complexity index is 1090. The molecule has 0 saturated carbocycles. The van der Waals surface area contributed by atoms with Crippen LogP contribution in [0.3, 0.4) is 0 Å². The van der Waals surface area contributed by atoms with Gasteiger partial charge in [0.2, 0.25) is 5.78 Å². The van der Waals surface area contributed by atoms with Gasteiger partial charge in [0.25, 0.3) is 0 Å². The van der Waals surface area contributed by atoms with Gasteiger partial charge in [0.05, 0.1) is 12.2 Å². The van der Waals surface area contributed by atoms with Gasteiger partial charge in [0.1, 0.15) is 12.6 Å². The third kappa shape index (κ3) is 4.80. The summed E-state index contributed by atoms with van der Waals surface area (Å²) in [5, 5.41) is 2.62. The molecule has 0 radical (unpaired) electrons. The van der Waals surface area contributed by atoms with Gasteiger partial charge in [-0.1, -0.05) is 68.5 Å². The first-order valence-electron chi connectivity index (χ1n) is 10.8. The summed E-state index contributed by atoms with van der Waals surface area (Å²) in [7, 11) is 0. The van der Waals surface area contributed by atoms with E-state index in [2.05, 4.69) is 47.3 Å². The SMILES string of the molecule is CC(C)c1ccc2c(c1)N(C1C=CC=C(NC(=O)OCc3ccccc3)C1=O)CCN=C2. The third-order valence-corrected chi connectivity index (χ3v) is 5.61. The summed E-state index contributed by atoms with van der Waals surface area (Å²) >= 11 is 0. The molecule has 6 nitrogen and oxygen atoms in total. The van der Waals surface area contributed by atoms with Crippen LogP contribution in [0.4, 0.5) is 10.5 Å². The average Bonchev–Trinajstić information content (AvgIpc) is 3.02. The number of rotatable bonds is 5. The number of hydrogen-bond donors (Lipinski definition) is 1. The standard InChI is InChI=1S/C26H27N3O3/c1-18(2)20-11-12-21-16-27-13-14-29(24(21)15-20)23-10-6-9-22(25(23)30)28-26(31)32-17-19-7-4-3-5-8-19/h3-12,15-16,18,23H,13-14,17H2,1-2H3,(H,28,31). The zero-order chi connectivity index (χ0) is 22.5. The van der Waals surface area contributed by atoms with E-state index < -0.39 is 12.1 Å². The van der Waals surface area contributed by atoms with Crippen LogP contribution in [-0.4, -0.2) is 37.2 Å². The van der Waals surface area contributed by atoms with Crippen molar-refractivity contribution in [1.29, 1.82) is 0 Å². The van der Waals surface area contributed by atoms with E-state index >= 15 is 0 Å². The lowest BCUT2D eigenvalue weighted by atomic mass is 9.97. The monoisotopic (exact) mass is 429 g/mol. The van der Waals surface area contributed by atoms with Gasteiger partial charge in [-0.15, -0.1) is 0 Å². The molecule has 0 fully saturated rings. The first kappa shape index (κ1) is 21.6. The zero-order valence-electron chi connectivity index (χ0n) is 18.3. The highest BCUT2D eigenvalue weighted by molar-refractivity contribution is 6.06. The van der Waals surface area contributed by atoms with Crippen molar-refractivity contribution < 1.29 is 14.3 Å². The largest absolute Gasteiger partial charge is 0.444 e. The van der Waals surface area contributed by atoms with Crippen molar-refractivity contribution in [2.45, 2.75) is 32.4 Å². The number of alkyl carbamates (subject to hydrolysis) is 1. The average molecular weight is 430 g/mol. The van der Waals surface area contributed by atoms with Crippen molar-refractivity contribution in [2.75, 3.05) is 18.0 Å². The van der Waals surface area contributed by atoms with Crippen molar-refractivity contribution in [3.05, 3.63) is 89.1 Å². The van der Waals surface area contributed by atoms with E-state index in [1.807, 2.05) is 42.6 Å². The number of nitrogens with zero attached hydrogens (tertiary/aromatic N) is 2. The fourth-order valence-electron chi connectivity index (χ4n) is 3.82. The van der Waals surface area contributed by atoms with Gasteiger partial charge in [0, 0.05) is 24.0 Å². The minimum absolute atomic E-state index is 0.141. The van der Waals surface area contributed by atoms with E-state index in [4.69, 9.17) is 4.74 Å². The maximum Gasteiger partial charge on any atom is 0.412 e. The Morgan fingerprint density at radius 2 is 2.03 bits per heavy atom. The molecule has 1 amide bonds. The first-order valence-corrected chi connectivity index (χ1v) is 10.8. The van der Waals surface area contributed by atoms with E-state index in [1.165, 1.54) is 5.56 Å². The molecule has 6 heteroatoms. The second-order valence-electron chi connectivity index (χ2n) is 8.16. The van der Waals surface area contributed by atoms with Gasteiger partial charge in [-0.2, -0.15) is 0 Å². The quantitative estimate of drug-likeness (QED) is 0.766. The van der Waals surface area contributed by atoms with Crippen LogP contribution in [0.5, 0.6) is 0 Å². The molecule has 1 heterocycles. The van der Waals surface area contributed by atoms with Crippen LogP contribution in [0.25, 0.3) is 0 Å². The van der Waals surface area contributed by atoms with Gasteiger partial charge >= 0.3 is 6.09 Å². The Balaban J connectivity index is 1.49. The fraction of sp³-hybridized carbons (Fsp3) is 0.269. The van der Waals surface area contributed by atoms with Crippen molar-refractivity contribution in [3.63, 3.8) is 0 Å². The van der Waals surface area contributed by atoms with Crippen LogP contribution in [0.15, 0.2) is 77.4 Å². The number of allylic oxidation sites excluding steroid dienone is 2. The van der Waals surface area contributed by atoms with Crippen molar-refractivity contribution in [1.82, 2.24) is 5.32 Å². The summed E-state index contributed by atoms with van der Waals surface area (Å²) in [6, 6.07) is 15.2. The van der Waals surface area contributed by atoms with Crippen LogP contribution < -0.4 is 10.2 Å². The number of nitrogens with one attached hydrogen (secondary N) is 1. The normalized spacial score (nSPS) is 17.6. The van der Waals surface area contributed by atoms with Gasteiger partial charge in [-0.25, -0.2) is 4.79 Å². The number of benzodiazepines with no additional fused rings is 1. The molecular weight excluding hydrogens is 402 g/mol. The summed E-state index contributed by atoms with van der Waals surface area (Å²) in [5.41, 5.74) is 4.27. The Morgan fingerprint density at radius 3 is 2.81 bits per heavy atom. The number of amides is 1. The molecule has 2 aromatic carbocycles. The number of aliphatic imine (C=N–C) groups is 1. The topological polar surface area (TPSA) is 71.0 Å². The number of carbonyl (C=O) groups is 2. The van der Waals surface area contributed by atoms with Crippen LogP contribution >= 0.6 is 0 Å². The molecule has 0 spiro atoms. The van der Waals surface area contributed by atoms with Crippen LogP contribution in [0, 0.1) is 0 Å². The minimum atomic E-state index is -0.649. The van der Waals surface area contributed by atoms with E-state index in [1.54, 1.807) is 12.2 Å². The van der Waals surface area contributed by atoms with E-state index in [-0.39, 0.29) is 18.1 Å². The Morgan fingerprint density at radius 1 is 1.22 bits per heavy atom. The summed E-state index contributed by atoms with van der Waals surface area (Å²) < 4.78 is 5.28. The Hall–Kier alpha value is -3.67. The zero-order valence-corrected chi connectivity index (χ0v) is 18.3. The summed E-state index contributed by atoms with van der Waals surface area (Å²) in [6.07, 6.45) is 6.50. The first-order chi connectivity index (χ1) is 15.5. The molecule has 32 heavy (non-hydrogen) atoms. The molecule has 2 aliphatic rings. The van der Waals surface area contributed by atoms with Gasteiger partial charge in [-0.3, -0.25) is 15.1 Å². The highest BCUT2D eigenvalue weighted by atomic mass is 16.5. The van der Waals surface area contributed by atoms with Crippen LogP contribution in [0.2, 0.25) is 0 Å². The van der Waals surface area contributed by atoms with Crippen LogP contribution in [-0.2, 0) is 16.1 Å². The minimum Gasteiger partial charge on any atom is -0.444 e. The highest BCUT2D eigenvalue weighted by Gasteiger charge is 2.31. The lowest BCUT2D eigenvalue weighted by Gasteiger charge is -2.33. The molecule has 1 aliphatic heterocycles. The molecule has 0 saturated heterocycles. The highest BCUT2D eigenvalue weighted by Crippen LogP contribution is 2.29. The summed E-state index contributed by atoms with van der Waals surface area (Å²) in [6.45, 7) is 5.64. The fourth-order valence-corrected chi connectivity index (χ4v) is 3.82. The lowest BCUT2D eigenvalue weighted by molar-refractivity contribution is -0.116. The van der Waals surface area contributed by atoms with Crippen molar-refractivity contribution in [2.24, 2.45) is 4.99 Å². The molecule has 1 unspecified atom stereocenters. The predicted molar refractivity (Wildman–Crippen MR) is 126 cm³/mol. The number of ketones is 1. The van der Waals surface area contributed by atoms with Gasteiger partial charge < -0.3 is 9.64 Å². The molecule has 164 valence electrons. The smallest absolute Gasteiger partial charge is 0.412 e. The second kappa shape index (κ2) is 9.64. The summed E-state index contributed by atoms with van der Waals surface area (Å²) in [4.78, 5) is 32.1. The van der Waals surface area contributed by atoms with Crippen LogP contribution in [0.1, 0.15) is 36.5 Å². The number of carbonyl (C=O) groups excluding carboxylic acids is 2. The molecule has 0 aromatic heterocycles. The number of benzene rings is 2. The predicted octanol–water partition coefficient (Wildman–Crippen LogP) is 4.37. The number of fused-ring (bicyclic) bond motifs is 1. The molecule has 1 atom stereocenters. The lowest BCUT2D eigenvalue weighted by Crippen LogP contribution is -2.46. The molecule has 4 rings (SSSR count). The molecular formula is C26H27N3O3. The van der Waals surface area contributed by atoms with Crippen molar-refractivity contribution >= 4 is 23.8 Å². The Kier molecular flexibility index (Phi) is 6.50. The molecule has 1 N–H and O–H groups in total. The van der Waals surface area contributed by atoms with E-state index in [0.717, 1.165) is 16.8 Å². The van der Waals surface area contributed by atoms with Gasteiger partial charge in [-0.05, 0) is 29.2 Å². The van der Waals surface area contributed by atoms with Gasteiger partial charge in [0.15, 0.2) is 0 Å². The number of anilines is 1. The molecule has 0 bridgehead atoms. The summed E-state index contributed by atoms with van der Waals surface area (Å²) in [5.74, 6) is 0.198. The number of hydrogen-bond acceptors (Lipinski definition) is 5. The molecule has 2 aromatic rings. The van der Waals surface area contributed by atoms with E-state index in [0.29, 0.717) is 19.0 Å². The maximum atomic E-state index is 13.3. The Labute approximate surface area is 188 Å². The second-order valence-corrected chi connectivity index (χ2v) is 8.16.